The molecule has 0 bridgehead atoms. The molecule has 1 rings (SSSR count). The number of hydrogen-bond donors (Lipinski definition) is 0. The second-order valence-electron chi connectivity index (χ2n) is 1.48. The molecule has 0 nitrogen and oxygen atoms in total. The van der Waals surface area contributed by atoms with Gasteiger partial charge in [0.05, 0.1) is 1.43 Å². The summed E-state index contributed by atoms with van der Waals surface area (Å²) in [4.78, 5) is 0. The summed E-state index contributed by atoms with van der Waals surface area (Å²) in [5.74, 6) is 0. The summed E-state index contributed by atoms with van der Waals surface area (Å²) < 4.78 is 2.37. The van der Waals surface area contributed by atoms with Gasteiger partial charge in [-0.25, -0.2) is 0 Å². The summed E-state index contributed by atoms with van der Waals surface area (Å²) in [7, 11) is 0. The van der Waals surface area contributed by atoms with Crippen molar-refractivity contribution in [2.45, 2.75) is 9.28 Å². The molecule has 4 heteroatoms. The van der Waals surface area contributed by atoms with E-state index in [2.05, 4.69) is 90.4 Å². The van der Waals surface area contributed by atoms with Crippen LogP contribution < -0.4 is 0 Å². The standard InChI is InChI=1S/C3H2I4/c4-1-2(5)3(1,6)7/h1-2H. The summed E-state index contributed by atoms with van der Waals surface area (Å²) in [6.07, 6.45) is 0. The quantitative estimate of drug-likeness (QED) is 0.324. The van der Waals surface area contributed by atoms with Gasteiger partial charge in [-0.2, -0.15) is 0 Å². The molecule has 0 radical (unpaired) electrons. The summed E-state index contributed by atoms with van der Waals surface area (Å²) in [6, 6.07) is 0. The molecule has 0 saturated heterocycles. The molecule has 42 valence electrons. The zero-order chi connectivity index (χ0) is 5.65. The molecule has 0 N–H and O–H groups in total. The first kappa shape index (κ1) is 8.02. The van der Waals surface area contributed by atoms with Crippen LogP contribution in [-0.4, -0.2) is 9.28 Å². The van der Waals surface area contributed by atoms with Gasteiger partial charge in [-0.1, -0.05) is 90.4 Å². The van der Waals surface area contributed by atoms with Gasteiger partial charge in [0.1, 0.15) is 0 Å². The molecule has 1 aliphatic carbocycles. The maximum atomic E-state index is 2.51. The van der Waals surface area contributed by atoms with Crippen molar-refractivity contribution in [3.8, 4) is 0 Å². The van der Waals surface area contributed by atoms with Gasteiger partial charge in [0.25, 0.3) is 0 Å². The predicted molar refractivity (Wildman–Crippen MR) is 66.4 cm³/mol. The van der Waals surface area contributed by atoms with E-state index in [0.717, 1.165) is 7.85 Å². The third kappa shape index (κ3) is 1.49. The van der Waals surface area contributed by atoms with Crippen LogP contribution in [0.15, 0.2) is 0 Å². The van der Waals surface area contributed by atoms with E-state index in [-0.39, 0.29) is 0 Å². The monoisotopic (exact) mass is 546 g/mol. The third-order valence-corrected chi connectivity index (χ3v) is 13.1. The maximum Gasteiger partial charge on any atom is 0.0989 e. The van der Waals surface area contributed by atoms with E-state index in [9.17, 15) is 0 Å². The zero-order valence-electron chi connectivity index (χ0n) is 3.17. The van der Waals surface area contributed by atoms with E-state index in [0.29, 0.717) is 1.43 Å². The molecule has 0 spiro atoms. The Hall–Kier alpha value is 2.92. The number of rotatable bonds is 0. The Balaban J connectivity index is 2.52. The topological polar surface area (TPSA) is 0 Å². The van der Waals surface area contributed by atoms with Gasteiger partial charge in [0, 0.05) is 7.85 Å². The molecular weight excluding hydrogens is 544 g/mol. The summed E-state index contributed by atoms with van der Waals surface area (Å²) >= 11 is 10.0. The molecule has 1 saturated carbocycles. The van der Waals surface area contributed by atoms with E-state index in [4.69, 9.17) is 0 Å². The van der Waals surface area contributed by atoms with Crippen LogP contribution in [0.1, 0.15) is 0 Å². The van der Waals surface area contributed by atoms with Crippen LogP contribution in [0.5, 0.6) is 0 Å². The largest absolute Gasteiger partial charge is 0.0989 e. The van der Waals surface area contributed by atoms with E-state index in [1.54, 1.807) is 0 Å². The molecule has 7 heavy (non-hydrogen) atoms. The highest BCUT2D eigenvalue weighted by Crippen LogP contribution is 2.60. The smallest absolute Gasteiger partial charge is 0.0790 e. The van der Waals surface area contributed by atoms with E-state index in [1.165, 1.54) is 0 Å². The minimum atomic E-state index is 0.580. The number of hydrogen-bond acceptors (Lipinski definition) is 0. The Morgan fingerprint density at radius 2 is 1.14 bits per heavy atom. The number of halogens is 4. The van der Waals surface area contributed by atoms with Gasteiger partial charge in [0.15, 0.2) is 0 Å². The minimum absolute atomic E-state index is 0.580. The summed E-state index contributed by atoms with van der Waals surface area (Å²) in [6.45, 7) is 0. The van der Waals surface area contributed by atoms with Crippen LogP contribution in [0.25, 0.3) is 0 Å². The predicted octanol–water partition coefficient (Wildman–Crippen LogP) is 3.17. The Labute approximate surface area is 97.5 Å². The van der Waals surface area contributed by atoms with Crippen molar-refractivity contribution in [2.24, 2.45) is 0 Å². The Bertz CT molecular complexity index is 78.9. The van der Waals surface area contributed by atoms with Gasteiger partial charge in [-0.3, -0.25) is 0 Å². The van der Waals surface area contributed by atoms with Crippen LogP contribution in [-0.2, 0) is 0 Å². The van der Waals surface area contributed by atoms with Gasteiger partial charge in [-0.05, 0) is 0 Å². The highest BCUT2D eigenvalue weighted by Gasteiger charge is 2.58. The first-order valence-electron chi connectivity index (χ1n) is 1.73. The van der Waals surface area contributed by atoms with Crippen LogP contribution >= 0.6 is 90.4 Å². The SMILES string of the molecule is IC1C(I)C1(I)I. The molecule has 0 aromatic heterocycles. The summed E-state index contributed by atoms with van der Waals surface area (Å²) in [5, 5.41) is 0. The van der Waals surface area contributed by atoms with Crippen LogP contribution in [0.3, 0.4) is 0 Å². The lowest BCUT2D eigenvalue weighted by Gasteiger charge is -1.86. The van der Waals surface area contributed by atoms with Crippen LogP contribution in [0.4, 0.5) is 0 Å². The second-order valence-corrected chi connectivity index (χ2v) is 9.80. The maximum absolute atomic E-state index is 2.51. The Morgan fingerprint density at radius 1 is 1.00 bits per heavy atom. The average Bonchev–Trinajstić information content (AvgIpc) is 1.91. The van der Waals surface area contributed by atoms with Crippen molar-refractivity contribution in [1.82, 2.24) is 0 Å². The molecule has 1 aliphatic rings. The van der Waals surface area contributed by atoms with Crippen molar-refractivity contribution in [1.29, 1.82) is 0 Å². The van der Waals surface area contributed by atoms with Gasteiger partial charge in [-0.15, -0.1) is 0 Å². The van der Waals surface area contributed by atoms with Crippen molar-refractivity contribution in [2.75, 3.05) is 0 Å². The molecule has 2 atom stereocenters. The Kier molecular flexibility index (Phi) is 2.88. The third-order valence-electron chi connectivity index (χ3n) is 0.883. The normalized spacial score (nSPS) is 46.3. The van der Waals surface area contributed by atoms with Gasteiger partial charge < -0.3 is 0 Å². The molecule has 0 amide bonds. The highest BCUT2D eigenvalue weighted by atomic mass is 127. The van der Waals surface area contributed by atoms with E-state index in [1.807, 2.05) is 0 Å². The van der Waals surface area contributed by atoms with Gasteiger partial charge in [0.2, 0.25) is 0 Å². The average molecular weight is 546 g/mol. The summed E-state index contributed by atoms with van der Waals surface area (Å²) in [5.41, 5.74) is 0. The number of alkyl halides is 4. The Morgan fingerprint density at radius 3 is 1.14 bits per heavy atom. The molecular formula is C3H2I4. The fourth-order valence-electron chi connectivity index (χ4n) is 0.255. The molecule has 1 fully saturated rings. The van der Waals surface area contributed by atoms with Crippen LogP contribution in [0.2, 0.25) is 0 Å². The van der Waals surface area contributed by atoms with Crippen molar-refractivity contribution >= 4 is 90.4 Å². The molecule has 0 aromatic carbocycles. The fourth-order valence-corrected chi connectivity index (χ4v) is 6.27. The van der Waals surface area contributed by atoms with Crippen LogP contribution in [0, 0.1) is 0 Å². The highest BCUT2D eigenvalue weighted by molar-refractivity contribution is 14.2. The zero-order valence-corrected chi connectivity index (χ0v) is 11.8. The molecule has 0 aliphatic heterocycles. The van der Waals surface area contributed by atoms with Crippen molar-refractivity contribution < 1.29 is 0 Å². The van der Waals surface area contributed by atoms with E-state index < -0.39 is 0 Å². The first-order valence-corrected chi connectivity index (χ1v) is 6.37. The molecule has 2 unspecified atom stereocenters. The van der Waals surface area contributed by atoms with E-state index >= 15 is 0 Å². The lowest BCUT2D eigenvalue weighted by Crippen LogP contribution is -1.83. The first-order chi connectivity index (χ1) is 3.07. The minimum Gasteiger partial charge on any atom is -0.0790 e. The van der Waals surface area contributed by atoms with Crippen molar-refractivity contribution in [3.05, 3.63) is 0 Å². The molecule has 0 heterocycles. The molecule has 0 aromatic rings. The fraction of sp³-hybridized carbons (Fsp3) is 1.00. The van der Waals surface area contributed by atoms with Gasteiger partial charge >= 0.3 is 0 Å². The lowest BCUT2D eigenvalue weighted by molar-refractivity contribution is 1.60. The second kappa shape index (κ2) is 2.51. The van der Waals surface area contributed by atoms with Crippen molar-refractivity contribution in [3.63, 3.8) is 0 Å². The lowest BCUT2D eigenvalue weighted by atomic mass is 11.0.